The zero-order chi connectivity index (χ0) is 8.69. The Balaban J connectivity index is 3.36. The number of methoxy groups -OCH3 is 1. The minimum absolute atomic E-state index is 0.138. The molecule has 0 fully saturated rings. The molecule has 68 valence electrons. The highest BCUT2D eigenvalue weighted by Gasteiger charge is 2.11. The summed E-state index contributed by atoms with van der Waals surface area (Å²) in [6.45, 7) is 4.59. The van der Waals surface area contributed by atoms with Crippen molar-refractivity contribution in [2.24, 2.45) is 5.73 Å². The minimum atomic E-state index is -0.374. The third-order valence-electron chi connectivity index (χ3n) is 1.18. The molecule has 2 atom stereocenters. The molecule has 0 heterocycles. The van der Waals surface area contributed by atoms with Crippen LogP contribution in [0, 0.1) is 0 Å². The van der Waals surface area contributed by atoms with Crippen LogP contribution in [0.15, 0.2) is 0 Å². The van der Waals surface area contributed by atoms with Crippen molar-refractivity contribution < 1.29 is 14.2 Å². The molecule has 0 aliphatic rings. The van der Waals surface area contributed by atoms with Gasteiger partial charge in [-0.1, -0.05) is 0 Å². The summed E-state index contributed by atoms with van der Waals surface area (Å²) < 4.78 is 15.0. The molecule has 4 nitrogen and oxygen atoms in total. The van der Waals surface area contributed by atoms with E-state index in [4.69, 9.17) is 19.9 Å². The van der Waals surface area contributed by atoms with Crippen LogP contribution in [0.5, 0.6) is 0 Å². The Morgan fingerprint density at radius 1 is 1.45 bits per heavy atom. The molecule has 0 amide bonds. The fraction of sp³-hybridized carbons (Fsp3) is 1.00. The third kappa shape index (κ3) is 5.15. The summed E-state index contributed by atoms with van der Waals surface area (Å²) in [5, 5.41) is 0. The maximum absolute atomic E-state index is 5.52. The predicted molar refractivity (Wildman–Crippen MR) is 42.0 cm³/mol. The van der Waals surface area contributed by atoms with Gasteiger partial charge in [-0.05, 0) is 13.8 Å². The molecule has 0 aromatic rings. The van der Waals surface area contributed by atoms with E-state index in [1.165, 1.54) is 0 Å². The molecule has 2 unspecified atom stereocenters. The van der Waals surface area contributed by atoms with Crippen molar-refractivity contribution >= 4 is 0 Å². The van der Waals surface area contributed by atoms with E-state index in [1.54, 1.807) is 7.11 Å². The summed E-state index contributed by atoms with van der Waals surface area (Å²) >= 11 is 0. The topological polar surface area (TPSA) is 53.7 Å². The third-order valence-corrected chi connectivity index (χ3v) is 1.18. The van der Waals surface area contributed by atoms with Gasteiger partial charge < -0.3 is 19.9 Å². The molecular formula is C7H17NO3. The first kappa shape index (κ1) is 10.8. The van der Waals surface area contributed by atoms with Gasteiger partial charge in [0.25, 0.3) is 0 Å². The van der Waals surface area contributed by atoms with Crippen LogP contribution in [-0.2, 0) is 14.2 Å². The van der Waals surface area contributed by atoms with Crippen LogP contribution < -0.4 is 5.73 Å². The van der Waals surface area contributed by atoms with E-state index < -0.39 is 0 Å². The highest BCUT2D eigenvalue weighted by molar-refractivity contribution is 4.56. The SMILES string of the molecule is CCOCOC(OC)C(C)N. The van der Waals surface area contributed by atoms with Gasteiger partial charge in [-0.15, -0.1) is 0 Å². The van der Waals surface area contributed by atoms with Crippen molar-refractivity contribution in [2.75, 3.05) is 20.5 Å². The van der Waals surface area contributed by atoms with E-state index in [9.17, 15) is 0 Å². The van der Waals surface area contributed by atoms with E-state index in [0.717, 1.165) is 0 Å². The highest BCUT2D eigenvalue weighted by atomic mass is 16.7. The first-order chi connectivity index (χ1) is 5.22. The van der Waals surface area contributed by atoms with Gasteiger partial charge in [0.1, 0.15) is 6.79 Å². The molecule has 11 heavy (non-hydrogen) atoms. The normalized spacial score (nSPS) is 16.4. The summed E-state index contributed by atoms with van der Waals surface area (Å²) in [5.74, 6) is 0. The average Bonchev–Trinajstić information content (AvgIpc) is 1.97. The van der Waals surface area contributed by atoms with E-state index in [2.05, 4.69) is 0 Å². The van der Waals surface area contributed by atoms with E-state index in [-0.39, 0.29) is 19.1 Å². The number of hydrogen-bond donors (Lipinski definition) is 1. The monoisotopic (exact) mass is 163 g/mol. The maximum atomic E-state index is 5.52. The number of hydrogen-bond acceptors (Lipinski definition) is 4. The zero-order valence-corrected chi connectivity index (χ0v) is 7.37. The second-order valence-electron chi connectivity index (χ2n) is 2.24. The highest BCUT2D eigenvalue weighted by Crippen LogP contribution is 1.97. The van der Waals surface area contributed by atoms with Gasteiger partial charge in [-0.25, -0.2) is 0 Å². The Hall–Kier alpha value is -0.160. The lowest BCUT2D eigenvalue weighted by atomic mass is 10.3. The smallest absolute Gasteiger partial charge is 0.174 e. The summed E-state index contributed by atoms with van der Waals surface area (Å²) in [4.78, 5) is 0. The molecular weight excluding hydrogens is 146 g/mol. The Morgan fingerprint density at radius 3 is 2.45 bits per heavy atom. The van der Waals surface area contributed by atoms with Crippen molar-refractivity contribution in [3.8, 4) is 0 Å². The summed E-state index contributed by atoms with van der Waals surface area (Å²) in [7, 11) is 1.56. The first-order valence-corrected chi connectivity index (χ1v) is 3.70. The van der Waals surface area contributed by atoms with E-state index in [0.29, 0.717) is 6.61 Å². The van der Waals surface area contributed by atoms with Crippen molar-refractivity contribution in [3.63, 3.8) is 0 Å². The predicted octanol–water partition coefficient (Wildman–Crippen LogP) is 0.317. The quantitative estimate of drug-likeness (QED) is 0.452. The number of ether oxygens (including phenoxy) is 3. The van der Waals surface area contributed by atoms with Crippen LogP contribution >= 0.6 is 0 Å². The number of nitrogens with two attached hydrogens (primary N) is 1. The fourth-order valence-corrected chi connectivity index (χ4v) is 0.633. The molecule has 0 rings (SSSR count). The van der Waals surface area contributed by atoms with Crippen molar-refractivity contribution in [1.82, 2.24) is 0 Å². The van der Waals surface area contributed by atoms with Gasteiger partial charge in [0.2, 0.25) is 0 Å². The fourth-order valence-electron chi connectivity index (χ4n) is 0.633. The average molecular weight is 163 g/mol. The molecule has 0 aromatic heterocycles. The van der Waals surface area contributed by atoms with Gasteiger partial charge >= 0.3 is 0 Å². The lowest BCUT2D eigenvalue weighted by Gasteiger charge is -2.18. The van der Waals surface area contributed by atoms with Crippen LogP contribution in [0.2, 0.25) is 0 Å². The molecule has 4 heteroatoms. The Morgan fingerprint density at radius 2 is 2.09 bits per heavy atom. The lowest BCUT2D eigenvalue weighted by molar-refractivity contribution is -0.188. The molecule has 0 spiro atoms. The molecule has 0 bridgehead atoms. The van der Waals surface area contributed by atoms with Gasteiger partial charge in [-0.2, -0.15) is 0 Å². The Labute approximate surface area is 67.6 Å². The van der Waals surface area contributed by atoms with Crippen molar-refractivity contribution in [2.45, 2.75) is 26.2 Å². The van der Waals surface area contributed by atoms with Gasteiger partial charge in [0.05, 0.1) is 6.04 Å². The van der Waals surface area contributed by atoms with Crippen LogP contribution in [0.3, 0.4) is 0 Å². The molecule has 0 radical (unpaired) electrons. The Kier molecular flexibility index (Phi) is 6.45. The molecule has 0 aliphatic carbocycles. The molecule has 0 saturated carbocycles. The molecule has 0 aromatic carbocycles. The molecule has 2 N–H and O–H groups in total. The van der Waals surface area contributed by atoms with Crippen LogP contribution in [-0.4, -0.2) is 32.8 Å². The van der Waals surface area contributed by atoms with Crippen LogP contribution in [0.25, 0.3) is 0 Å². The second kappa shape index (κ2) is 6.54. The zero-order valence-electron chi connectivity index (χ0n) is 7.37. The van der Waals surface area contributed by atoms with Crippen LogP contribution in [0.1, 0.15) is 13.8 Å². The van der Waals surface area contributed by atoms with Gasteiger partial charge in [0.15, 0.2) is 6.29 Å². The van der Waals surface area contributed by atoms with E-state index in [1.807, 2.05) is 13.8 Å². The maximum Gasteiger partial charge on any atom is 0.174 e. The lowest BCUT2D eigenvalue weighted by Crippen LogP contribution is -2.35. The van der Waals surface area contributed by atoms with E-state index >= 15 is 0 Å². The summed E-state index contributed by atoms with van der Waals surface area (Å²) in [6, 6.07) is -0.138. The van der Waals surface area contributed by atoms with Crippen molar-refractivity contribution in [1.29, 1.82) is 0 Å². The summed E-state index contributed by atoms with van der Waals surface area (Å²) in [6.07, 6.45) is -0.374. The van der Waals surface area contributed by atoms with Crippen LogP contribution in [0.4, 0.5) is 0 Å². The molecule has 0 aliphatic heterocycles. The molecule has 0 saturated heterocycles. The van der Waals surface area contributed by atoms with Crippen molar-refractivity contribution in [3.05, 3.63) is 0 Å². The Bertz CT molecular complexity index is 87.8. The van der Waals surface area contributed by atoms with Gasteiger partial charge in [0, 0.05) is 13.7 Å². The summed E-state index contributed by atoms with van der Waals surface area (Å²) in [5.41, 5.74) is 5.52. The minimum Gasteiger partial charge on any atom is -0.356 e. The first-order valence-electron chi connectivity index (χ1n) is 3.70. The number of rotatable bonds is 6. The van der Waals surface area contributed by atoms with Gasteiger partial charge in [-0.3, -0.25) is 0 Å². The largest absolute Gasteiger partial charge is 0.356 e. The standard InChI is InChI=1S/C7H17NO3/c1-4-10-5-11-7(9-3)6(2)8/h6-7H,4-5,8H2,1-3H3. The second-order valence-corrected chi connectivity index (χ2v) is 2.24.